The van der Waals surface area contributed by atoms with Crippen molar-refractivity contribution in [1.29, 1.82) is 0 Å². The van der Waals surface area contributed by atoms with Crippen LogP contribution in [0.25, 0.3) is 0 Å². The molecule has 0 heterocycles. The van der Waals surface area contributed by atoms with Crippen LogP contribution in [0.5, 0.6) is 0 Å². The van der Waals surface area contributed by atoms with Gasteiger partial charge in [-0.05, 0) is 31.5 Å². The van der Waals surface area contributed by atoms with Crippen LogP contribution in [0.1, 0.15) is 36.7 Å². The van der Waals surface area contributed by atoms with Gasteiger partial charge in [0, 0.05) is 18.7 Å². The van der Waals surface area contributed by atoms with Crippen molar-refractivity contribution in [2.24, 2.45) is 0 Å². The first kappa shape index (κ1) is 17.6. The maximum atomic E-state index is 12.6. The van der Waals surface area contributed by atoms with Crippen molar-refractivity contribution < 1.29 is 18.0 Å². The lowest BCUT2D eigenvalue weighted by Crippen LogP contribution is -2.31. The van der Waals surface area contributed by atoms with E-state index in [-0.39, 0.29) is 10.5 Å². The normalized spacial score (nSPS) is 11.7. The number of aryl methyl sites for hydroxylation is 1. The number of hydrogen-bond acceptors (Lipinski definition) is 4. The zero-order valence-electron chi connectivity index (χ0n) is 12.8. The van der Waals surface area contributed by atoms with E-state index in [0.717, 1.165) is 0 Å². The molecule has 1 aromatic carbocycles. The van der Waals surface area contributed by atoms with E-state index in [9.17, 15) is 13.2 Å². The molecule has 0 radical (unpaired) electrons. The Hall–Kier alpha value is -1.44. The van der Waals surface area contributed by atoms with Gasteiger partial charge in [-0.15, -0.1) is 0 Å². The Labute approximate surface area is 126 Å². The second-order valence-corrected chi connectivity index (χ2v) is 6.34. The summed E-state index contributed by atoms with van der Waals surface area (Å²) in [5.74, 6) is -0.465. The third kappa shape index (κ3) is 4.03. The number of nitrogens with zero attached hydrogens (tertiary/aromatic N) is 1. The second kappa shape index (κ2) is 7.53. The molecule has 0 unspecified atom stereocenters. The van der Waals surface area contributed by atoms with E-state index in [0.29, 0.717) is 25.3 Å². The van der Waals surface area contributed by atoms with E-state index in [2.05, 4.69) is 5.48 Å². The SMILES string of the molecule is CCONC(=O)c1ccc(C)c(S(=O)(=O)N(CC)CC)c1. The molecule has 118 valence electrons. The van der Waals surface area contributed by atoms with Crippen LogP contribution in [0.15, 0.2) is 23.1 Å². The lowest BCUT2D eigenvalue weighted by atomic mass is 10.1. The molecule has 6 nitrogen and oxygen atoms in total. The fraction of sp³-hybridized carbons (Fsp3) is 0.500. The summed E-state index contributed by atoms with van der Waals surface area (Å²) >= 11 is 0. The van der Waals surface area contributed by atoms with Crippen LogP contribution in [0.4, 0.5) is 0 Å². The summed E-state index contributed by atoms with van der Waals surface area (Å²) in [5.41, 5.74) is 3.11. The highest BCUT2D eigenvalue weighted by molar-refractivity contribution is 7.89. The summed E-state index contributed by atoms with van der Waals surface area (Å²) in [4.78, 5) is 16.8. The molecule has 0 aliphatic carbocycles. The molecule has 0 aromatic heterocycles. The van der Waals surface area contributed by atoms with E-state index >= 15 is 0 Å². The summed E-state index contributed by atoms with van der Waals surface area (Å²) in [6, 6.07) is 4.58. The molecule has 1 N–H and O–H groups in total. The van der Waals surface area contributed by atoms with Crippen molar-refractivity contribution in [3.63, 3.8) is 0 Å². The maximum absolute atomic E-state index is 12.6. The Balaban J connectivity index is 3.22. The number of benzene rings is 1. The van der Waals surface area contributed by atoms with Gasteiger partial charge in [0.05, 0.1) is 11.5 Å². The Morgan fingerprint density at radius 1 is 1.24 bits per heavy atom. The topological polar surface area (TPSA) is 75.7 Å². The van der Waals surface area contributed by atoms with Gasteiger partial charge in [0.2, 0.25) is 10.0 Å². The van der Waals surface area contributed by atoms with Crippen LogP contribution in [0, 0.1) is 6.92 Å². The van der Waals surface area contributed by atoms with Crippen LogP contribution in [-0.4, -0.2) is 38.3 Å². The average Bonchev–Trinajstić information content (AvgIpc) is 2.46. The highest BCUT2D eigenvalue weighted by Crippen LogP contribution is 2.21. The van der Waals surface area contributed by atoms with Crippen molar-refractivity contribution in [1.82, 2.24) is 9.79 Å². The van der Waals surface area contributed by atoms with Crippen LogP contribution in [0.2, 0.25) is 0 Å². The molecule has 1 amide bonds. The Morgan fingerprint density at radius 2 is 1.86 bits per heavy atom. The van der Waals surface area contributed by atoms with Crippen molar-refractivity contribution in [2.75, 3.05) is 19.7 Å². The minimum atomic E-state index is -3.60. The largest absolute Gasteiger partial charge is 0.274 e. The second-order valence-electron chi connectivity index (χ2n) is 4.43. The monoisotopic (exact) mass is 314 g/mol. The number of rotatable bonds is 7. The molecular weight excluding hydrogens is 292 g/mol. The molecule has 7 heteroatoms. The molecular formula is C14H22N2O4S. The van der Waals surface area contributed by atoms with Crippen molar-refractivity contribution in [3.8, 4) is 0 Å². The van der Waals surface area contributed by atoms with Crippen molar-refractivity contribution >= 4 is 15.9 Å². The number of amides is 1. The number of carbonyl (C=O) groups is 1. The van der Waals surface area contributed by atoms with E-state index in [4.69, 9.17) is 4.84 Å². The average molecular weight is 314 g/mol. The lowest BCUT2D eigenvalue weighted by molar-refractivity contribution is 0.0364. The van der Waals surface area contributed by atoms with Crippen molar-refractivity contribution in [3.05, 3.63) is 29.3 Å². The van der Waals surface area contributed by atoms with E-state index < -0.39 is 15.9 Å². The number of hydroxylamine groups is 1. The first-order valence-corrected chi connectivity index (χ1v) is 8.35. The quantitative estimate of drug-likeness (QED) is 0.777. The van der Waals surface area contributed by atoms with E-state index in [1.807, 2.05) is 0 Å². The minimum Gasteiger partial charge on any atom is -0.274 e. The zero-order chi connectivity index (χ0) is 16.0. The van der Waals surface area contributed by atoms with E-state index in [1.165, 1.54) is 10.4 Å². The standard InChI is InChI=1S/C14H22N2O4S/c1-5-16(6-2)21(18,19)13-10-12(9-8-11(13)4)14(17)15-20-7-3/h8-10H,5-7H2,1-4H3,(H,15,17). The van der Waals surface area contributed by atoms with Gasteiger partial charge in [0.15, 0.2) is 0 Å². The van der Waals surface area contributed by atoms with Crippen LogP contribution >= 0.6 is 0 Å². The molecule has 0 bridgehead atoms. The predicted molar refractivity (Wildman–Crippen MR) is 80.4 cm³/mol. The molecule has 0 aliphatic rings. The van der Waals surface area contributed by atoms with Gasteiger partial charge in [-0.25, -0.2) is 13.9 Å². The molecule has 1 rings (SSSR count). The summed E-state index contributed by atoms with van der Waals surface area (Å²) in [6.45, 7) is 8.11. The van der Waals surface area contributed by atoms with Crippen LogP contribution in [0.3, 0.4) is 0 Å². The molecule has 0 aliphatic heterocycles. The third-order valence-corrected chi connectivity index (χ3v) is 5.27. The third-order valence-electron chi connectivity index (χ3n) is 3.08. The van der Waals surface area contributed by atoms with E-state index in [1.54, 1.807) is 39.8 Å². The Kier molecular flexibility index (Phi) is 6.32. The number of hydrogen-bond donors (Lipinski definition) is 1. The van der Waals surface area contributed by atoms with Gasteiger partial charge in [0.1, 0.15) is 0 Å². The summed E-state index contributed by atoms with van der Waals surface area (Å²) in [7, 11) is -3.60. The summed E-state index contributed by atoms with van der Waals surface area (Å²) < 4.78 is 26.5. The zero-order valence-corrected chi connectivity index (χ0v) is 13.7. The fourth-order valence-corrected chi connectivity index (χ4v) is 3.63. The highest BCUT2D eigenvalue weighted by Gasteiger charge is 2.24. The van der Waals surface area contributed by atoms with Crippen LogP contribution < -0.4 is 5.48 Å². The fourth-order valence-electron chi connectivity index (χ4n) is 1.92. The van der Waals surface area contributed by atoms with Crippen molar-refractivity contribution in [2.45, 2.75) is 32.6 Å². The lowest BCUT2D eigenvalue weighted by Gasteiger charge is -2.20. The predicted octanol–water partition coefficient (Wildman–Crippen LogP) is 1.71. The van der Waals surface area contributed by atoms with Gasteiger partial charge in [0.25, 0.3) is 5.91 Å². The Bertz CT molecular complexity index is 595. The molecule has 0 saturated carbocycles. The summed E-state index contributed by atoms with van der Waals surface area (Å²) in [6.07, 6.45) is 0. The van der Waals surface area contributed by atoms with Gasteiger partial charge in [-0.2, -0.15) is 4.31 Å². The highest BCUT2D eigenvalue weighted by atomic mass is 32.2. The smallest absolute Gasteiger partial charge is 0.274 e. The van der Waals surface area contributed by atoms with Gasteiger partial charge < -0.3 is 0 Å². The Morgan fingerprint density at radius 3 is 2.38 bits per heavy atom. The molecule has 0 fully saturated rings. The number of nitrogens with one attached hydrogen (secondary N) is 1. The maximum Gasteiger partial charge on any atom is 0.274 e. The molecule has 0 saturated heterocycles. The summed E-state index contributed by atoms with van der Waals surface area (Å²) in [5, 5.41) is 0. The minimum absolute atomic E-state index is 0.148. The molecule has 0 spiro atoms. The van der Waals surface area contributed by atoms with Gasteiger partial charge >= 0.3 is 0 Å². The molecule has 21 heavy (non-hydrogen) atoms. The first-order valence-electron chi connectivity index (χ1n) is 6.91. The molecule has 1 aromatic rings. The molecule has 0 atom stereocenters. The number of carbonyl (C=O) groups excluding carboxylic acids is 1. The number of sulfonamides is 1. The van der Waals surface area contributed by atoms with Crippen LogP contribution in [-0.2, 0) is 14.9 Å². The van der Waals surface area contributed by atoms with Gasteiger partial charge in [-0.1, -0.05) is 19.9 Å². The first-order chi connectivity index (χ1) is 9.88. The van der Waals surface area contributed by atoms with Gasteiger partial charge in [-0.3, -0.25) is 9.63 Å².